The zero-order chi connectivity index (χ0) is 25.9. The van der Waals surface area contributed by atoms with Crippen molar-refractivity contribution in [2.24, 2.45) is 0 Å². The summed E-state index contributed by atoms with van der Waals surface area (Å²) in [5, 5.41) is 5.55. The van der Waals surface area contributed by atoms with Crippen LogP contribution in [0.5, 0.6) is 0 Å². The molecule has 3 amide bonds. The zero-order valence-electron chi connectivity index (χ0n) is 22.0. The Morgan fingerprint density at radius 2 is 1.76 bits per heavy atom. The molecule has 0 fully saturated rings. The average Bonchev–Trinajstić information content (AvgIpc) is 2.71. The Kier molecular flexibility index (Phi) is 11.3. The summed E-state index contributed by atoms with van der Waals surface area (Å²) >= 11 is 0. The van der Waals surface area contributed by atoms with E-state index in [2.05, 4.69) is 24.1 Å². The molecule has 7 nitrogen and oxygen atoms in total. The normalized spacial score (nSPS) is 12.4. The number of ether oxygens (including phenoxy) is 1. The highest BCUT2D eigenvalue weighted by Gasteiger charge is 2.33. The number of nitrogens with one attached hydrogen (secondary N) is 2. The van der Waals surface area contributed by atoms with Crippen molar-refractivity contribution in [3.8, 4) is 0 Å². The highest BCUT2D eigenvalue weighted by Crippen LogP contribution is 2.25. The molecule has 34 heavy (non-hydrogen) atoms. The van der Waals surface area contributed by atoms with Gasteiger partial charge in [-0.1, -0.05) is 57.0 Å². The van der Waals surface area contributed by atoms with Gasteiger partial charge in [0.15, 0.2) is 0 Å². The highest BCUT2D eigenvalue weighted by atomic mass is 16.6. The van der Waals surface area contributed by atoms with Crippen molar-refractivity contribution < 1.29 is 19.1 Å². The molecule has 0 bridgehead atoms. The molecule has 1 rings (SSSR count). The van der Waals surface area contributed by atoms with Gasteiger partial charge in [-0.25, -0.2) is 4.79 Å². The van der Waals surface area contributed by atoms with Gasteiger partial charge in [-0.2, -0.15) is 0 Å². The molecule has 0 spiro atoms. The number of hydrogen-bond acceptors (Lipinski definition) is 4. The molecule has 0 aliphatic carbocycles. The van der Waals surface area contributed by atoms with Crippen molar-refractivity contribution in [2.45, 2.75) is 91.3 Å². The van der Waals surface area contributed by atoms with Gasteiger partial charge in [-0.05, 0) is 65.2 Å². The summed E-state index contributed by atoms with van der Waals surface area (Å²) in [5.74, 6) is -0.616. The third-order valence-electron chi connectivity index (χ3n) is 4.88. The van der Waals surface area contributed by atoms with E-state index in [4.69, 9.17) is 4.74 Å². The molecule has 0 saturated heterocycles. The molecule has 1 atom stereocenters. The predicted molar refractivity (Wildman–Crippen MR) is 137 cm³/mol. The number of hydrogen-bond donors (Lipinski definition) is 2. The standard InChI is InChI=1S/C27H43N3O4/c1-9-11-12-13-17-30(22(31)19-28-25(33)34-27(6,7)8)23(24(32)29-26(3,4)5)21-16-14-15-20(10-2)18-21/h10,14-16,18,23H,2,9,11-13,17,19H2,1,3-8H3,(H,28,33)(H,29,32). The van der Waals surface area contributed by atoms with Crippen molar-refractivity contribution in [1.29, 1.82) is 0 Å². The molecule has 0 saturated carbocycles. The molecule has 0 aromatic heterocycles. The monoisotopic (exact) mass is 473 g/mol. The van der Waals surface area contributed by atoms with E-state index in [0.717, 1.165) is 31.2 Å². The van der Waals surface area contributed by atoms with Crippen LogP contribution in [0, 0.1) is 0 Å². The van der Waals surface area contributed by atoms with Gasteiger partial charge in [0.2, 0.25) is 11.8 Å². The fourth-order valence-corrected chi connectivity index (χ4v) is 3.44. The predicted octanol–water partition coefficient (Wildman–Crippen LogP) is 5.22. The van der Waals surface area contributed by atoms with Crippen LogP contribution in [0.15, 0.2) is 30.8 Å². The van der Waals surface area contributed by atoms with Crippen LogP contribution in [0.2, 0.25) is 0 Å². The first-order valence-corrected chi connectivity index (χ1v) is 12.1. The number of amides is 3. The van der Waals surface area contributed by atoms with Gasteiger partial charge in [0.05, 0.1) is 0 Å². The largest absolute Gasteiger partial charge is 0.444 e. The molecule has 7 heteroatoms. The zero-order valence-corrected chi connectivity index (χ0v) is 22.0. The Morgan fingerprint density at radius 1 is 1.09 bits per heavy atom. The van der Waals surface area contributed by atoms with E-state index in [1.165, 1.54) is 0 Å². The third kappa shape index (κ3) is 10.9. The first kappa shape index (κ1) is 29.2. The quantitative estimate of drug-likeness (QED) is 0.431. The van der Waals surface area contributed by atoms with Crippen LogP contribution in [-0.2, 0) is 14.3 Å². The number of rotatable bonds is 11. The second kappa shape index (κ2) is 13.2. The maximum atomic E-state index is 13.5. The third-order valence-corrected chi connectivity index (χ3v) is 4.88. The van der Waals surface area contributed by atoms with Crippen molar-refractivity contribution in [3.05, 3.63) is 42.0 Å². The van der Waals surface area contributed by atoms with Crippen molar-refractivity contribution in [2.75, 3.05) is 13.1 Å². The Bertz CT molecular complexity index is 837. The van der Waals surface area contributed by atoms with Gasteiger partial charge >= 0.3 is 6.09 Å². The Labute approximate surface area is 205 Å². The van der Waals surface area contributed by atoms with Gasteiger partial charge in [0.1, 0.15) is 18.2 Å². The summed E-state index contributed by atoms with van der Waals surface area (Å²) in [6.07, 6.45) is 4.84. The second-order valence-corrected chi connectivity index (χ2v) is 10.5. The van der Waals surface area contributed by atoms with Crippen LogP contribution in [0.4, 0.5) is 4.79 Å². The lowest BCUT2D eigenvalue weighted by Crippen LogP contribution is -2.51. The summed E-state index contributed by atoms with van der Waals surface area (Å²) in [5.41, 5.74) is 0.404. The summed E-state index contributed by atoms with van der Waals surface area (Å²) in [6, 6.07) is 6.62. The number of unbranched alkanes of at least 4 members (excludes halogenated alkanes) is 3. The van der Waals surface area contributed by atoms with Crippen LogP contribution >= 0.6 is 0 Å². The van der Waals surface area contributed by atoms with Crippen molar-refractivity contribution in [3.63, 3.8) is 0 Å². The molecular formula is C27H43N3O4. The molecular weight excluding hydrogens is 430 g/mol. The fourth-order valence-electron chi connectivity index (χ4n) is 3.44. The van der Waals surface area contributed by atoms with Crippen LogP contribution < -0.4 is 10.6 Å². The number of carbonyl (C=O) groups excluding carboxylic acids is 3. The van der Waals surface area contributed by atoms with Gasteiger partial charge in [-0.3, -0.25) is 9.59 Å². The fraction of sp³-hybridized carbons (Fsp3) is 0.593. The highest BCUT2D eigenvalue weighted by molar-refractivity contribution is 5.90. The maximum absolute atomic E-state index is 13.5. The van der Waals surface area contributed by atoms with E-state index in [1.54, 1.807) is 31.7 Å². The smallest absolute Gasteiger partial charge is 0.408 e. The lowest BCUT2D eigenvalue weighted by Gasteiger charge is -2.34. The van der Waals surface area contributed by atoms with E-state index >= 15 is 0 Å². The van der Waals surface area contributed by atoms with Crippen molar-refractivity contribution >= 4 is 24.0 Å². The Balaban J connectivity index is 3.28. The molecule has 190 valence electrons. The molecule has 0 radical (unpaired) electrons. The molecule has 2 N–H and O–H groups in total. The summed E-state index contributed by atoms with van der Waals surface area (Å²) in [7, 11) is 0. The number of benzene rings is 1. The van der Waals surface area contributed by atoms with Crippen LogP contribution in [0.25, 0.3) is 6.08 Å². The van der Waals surface area contributed by atoms with Gasteiger partial charge in [0, 0.05) is 12.1 Å². The minimum Gasteiger partial charge on any atom is -0.444 e. The average molecular weight is 474 g/mol. The van der Waals surface area contributed by atoms with Crippen LogP contribution in [-0.4, -0.2) is 47.0 Å². The minimum absolute atomic E-state index is 0.261. The second-order valence-electron chi connectivity index (χ2n) is 10.5. The molecule has 1 aromatic carbocycles. The van der Waals surface area contributed by atoms with Crippen molar-refractivity contribution in [1.82, 2.24) is 15.5 Å². The number of alkyl carbamates (subject to hydrolysis) is 1. The van der Waals surface area contributed by atoms with Gasteiger partial charge < -0.3 is 20.3 Å². The van der Waals surface area contributed by atoms with E-state index in [0.29, 0.717) is 12.1 Å². The summed E-state index contributed by atoms with van der Waals surface area (Å²) < 4.78 is 5.26. The van der Waals surface area contributed by atoms with E-state index in [-0.39, 0.29) is 18.4 Å². The van der Waals surface area contributed by atoms with E-state index in [1.807, 2.05) is 45.0 Å². The topological polar surface area (TPSA) is 87.7 Å². The number of carbonyl (C=O) groups is 3. The Hall–Kier alpha value is -2.83. The SMILES string of the molecule is C=Cc1cccc(C(C(=O)NC(C)(C)C)N(CCCCCC)C(=O)CNC(=O)OC(C)(C)C)c1. The molecule has 0 heterocycles. The van der Waals surface area contributed by atoms with E-state index in [9.17, 15) is 14.4 Å². The lowest BCUT2D eigenvalue weighted by molar-refractivity contribution is -0.141. The first-order valence-electron chi connectivity index (χ1n) is 12.1. The van der Waals surface area contributed by atoms with Crippen LogP contribution in [0.1, 0.15) is 91.3 Å². The van der Waals surface area contributed by atoms with Gasteiger partial charge in [0.25, 0.3) is 0 Å². The van der Waals surface area contributed by atoms with Gasteiger partial charge in [-0.15, -0.1) is 0 Å². The molecule has 0 aliphatic heterocycles. The summed E-state index contributed by atoms with van der Waals surface area (Å²) in [6.45, 7) is 17.1. The van der Waals surface area contributed by atoms with Crippen LogP contribution in [0.3, 0.4) is 0 Å². The lowest BCUT2D eigenvalue weighted by atomic mass is 9.99. The minimum atomic E-state index is -0.839. The summed E-state index contributed by atoms with van der Waals surface area (Å²) in [4.78, 5) is 40.5. The molecule has 0 aliphatic rings. The number of nitrogens with zero attached hydrogens (tertiary/aromatic N) is 1. The van der Waals surface area contributed by atoms with E-state index < -0.39 is 23.3 Å². The Morgan fingerprint density at radius 3 is 2.32 bits per heavy atom. The molecule has 1 unspecified atom stereocenters. The maximum Gasteiger partial charge on any atom is 0.408 e. The molecule has 1 aromatic rings. The first-order chi connectivity index (χ1) is 15.8.